The third-order valence-electron chi connectivity index (χ3n) is 3.52. The minimum absolute atomic E-state index is 0.722. The Labute approximate surface area is 138 Å². The molecule has 0 amide bonds. The molecule has 0 aliphatic carbocycles. The van der Waals surface area contributed by atoms with Crippen molar-refractivity contribution in [3.05, 3.63) is 46.6 Å². The third kappa shape index (κ3) is 4.07. The Bertz CT molecular complexity index is 673. The normalized spacial score (nSPS) is 15.6. The van der Waals surface area contributed by atoms with E-state index in [9.17, 15) is 0 Å². The van der Waals surface area contributed by atoms with Crippen molar-refractivity contribution in [2.45, 2.75) is 25.7 Å². The van der Waals surface area contributed by atoms with Crippen molar-refractivity contribution in [1.29, 1.82) is 0 Å². The van der Waals surface area contributed by atoms with Crippen LogP contribution in [0, 0.1) is 0 Å². The molecule has 1 aromatic carbocycles. The molecule has 1 aliphatic rings. The van der Waals surface area contributed by atoms with Crippen molar-refractivity contribution < 1.29 is 4.42 Å². The van der Waals surface area contributed by atoms with E-state index in [0.29, 0.717) is 0 Å². The summed E-state index contributed by atoms with van der Waals surface area (Å²) in [5.74, 6) is 2.52. The molecule has 2 heterocycles. The molecule has 22 heavy (non-hydrogen) atoms. The van der Waals surface area contributed by atoms with Crippen LogP contribution in [-0.4, -0.2) is 18.6 Å². The summed E-state index contributed by atoms with van der Waals surface area (Å²) >= 11 is 3.43. The van der Waals surface area contributed by atoms with Crippen LogP contribution in [0.25, 0.3) is 11.3 Å². The van der Waals surface area contributed by atoms with Crippen LogP contribution in [0.15, 0.2) is 55.4 Å². The highest BCUT2D eigenvalue weighted by Gasteiger charge is 2.04. The number of aliphatic imine (C=N–C) groups is 1. The molecule has 0 fully saturated rings. The highest BCUT2D eigenvalue weighted by atomic mass is 79.9. The Morgan fingerprint density at radius 2 is 1.95 bits per heavy atom. The van der Waals surface area contributed by atoms with E-state index in [0.717, 1.165) is 40.4 Å². The topological polar surface area (TPSA) is 49.9 Å². The van der Waals surface area contributed by atoms with Gasteiger partial charge in [-0.3, -0.25) is 10.4 Å². The number of nitrogens with one attached hydrogen (secondary N) is 1. The molecule has 1 aliphatic heterocycles. The minimum atomic E-state index is 0.722. The number of hydrazone groups is 1. The first-order valence-corrected chi connectivity index (χ1v) is 8.29. The molecule has 2 aromatic rings. The largest absolute Gasteiger partial charge is 0.455 e. The van der Waals surface area contributed by atoms with Gasteiger partial charge in [0.05, 0.1) is 6.21 Å². The van der Waals surface area contributed by atoms with Crippen LogP contribution in [0.1, 0.15) is 31.4 Å². The Morgan fingerprint density at radius 1 is 1.09 bits per heavy atom. The van der Waals surface area contributed by atoms with E-state index in [2.05, 4.69) is 31.4 Å². The second-order valence-electron chi connectivity index (χ2n) is 5.22. The Balaban J connectivity index is 1.62. The van der Waals surface area contributed by atoms with Gasteiger partial charge < -0.3 is 4.42 Å². The van der Waals surface area contributed by atoms with Crippen LogP contribution < -0.4 is 5.43 Å². The van der Waals surface area contributed by atoms with E-state index in [1.807, 2.05) is 36.4 Å². The van der Waals surface area contributed by atoms with Gasteiger partial charge in [-0.05, 0) is 37.1 Å². The number of amidine groups is 1. The Hall–Kier alpha value is -1.88. The van der Waals surface area contributed by atoms with Gasteiger partial charge in [-0.25, -0.2) is 0 Å². The first kappa shape index (κ1) is 15.0. The number of furan rings is 1. The molecule has 4 nitrogen and oxygen atoms in total. The fourth-order valence-electron chi connectivity index (χ4n) is 2.33. The standard InChI is InChI=1S/C17H18BrN3O/c18-14-7-5-13(6-8-14)16-10-9-15(22-16)12-20-21-17-4-2-1-3-11-19-17/h5-10,12H,1-4,11H2,(H,19,21)/b20-12-. The quantitative estimate of drug-likeness (QED) is 0.642. The zero-order valence-corrected chi connectivity index (χ0v) is 13.8. The lowest BCUT2D eigenvalue weighted by molar-refractivity contribution is 0.574. The molecule has 0 unspecified atom stereocenters. The molecule has 0 radical (unpaired) electrons. The predicted molar refractivity (Wildman–Crippen MR) is 93.3 cm³/mol. The maximum absolute atomic E-state index is 5.78. The van der Waals surface area contributed by atoms with E-state index in [1.165, 1.54) is 19.3 Å². The predicted octanol–water partition coefficient (Wildman–Crippen LogP) is 4.61. The van der Waals surface area contributed by atoms with Crippen LogP contribution in [0.3, 0.4) is 0 Å². The summed E-state index contributed by atoms with van der Waals surface area (Å²) in [4.78, 5) is 4.47. The molecular formula is C17H18BrN3O. The lowest BCUT2D eigenvalue weighted by atomic mass is 10.2. The van der Waals surface area contributed by atoms with Crippen molar-refractivity contribution in [1.82, 2.24) is 5.43 Å². The lowest BCUT2D eigenvalue weighted by Crippen LogP contribution is -2.17. The SMILES string of the molecule is Brc1ccc(-c2ccc(/C=N\NC3=NCCCCC3)o2)cc1. The molecule has 0 spiro atoms. The first-order chi connectivity index (χ1) is 10.8. The van der Waals surface area contributed by atoms with Gasteiger partial charge in [0.1, 0.15) is 17.4 Å². The van der Waals surface area contributed by atoms with E-state index >= 15 is 0 Å². The van der Waals surface area contributed by atoms with Gasteiger partial charge >= 0.3 is 0 Å². The van der Waals surface area contributed by atoms with Crippen LogP contribution in [0.2, 0.25) is 0 Å². The molecule has 0 bridgehead atoms. The van der Waals surface area contributed by atoms with Crippen molar-refractivity contribution in [3.63, 3.8) is 0 Å². The Morgan fingerprint density at radius 3 is 2.82 bits per heavy atom. The van der Waals surface area contributed by atoms with Gasteiger partial charge in [0.2, 0.25) is 0 Å². The van der Waals surface area contributed by atoms with Gasteiger partial charge in [0.25, 0.3) is 0 Å². The van der Waals surface area contributed by atoms with Crippen molar-refractivity contribution in [2.75, 3.05) is 6.54 Å². The zero-order chi connectivity index (χ0) is 15.2. The molecule has 114 valence electrons. The van der Waals surface area contributed by atoms with Gasteiger partial charge in [-0.2, -0.15) is 5.10 Å². The van der Waals surface area contributed by atoms with E-state index in [1.54, 1.807) is 6.21 Å². The highest BCUT2D eigenvalue weighted by molar-refractivity contribution is 9.10. The molecule has 0 atom stereocenters. The summed E-state index contributed by atoms with van der Waals surface area (Å²) in [6, 6.07) is 11.9. The van der Waals surface area contributed by atoms with Gasteiger partial charge in [0, 0.05) is 23.0 Å². The zero-order valence-electron chi connectivity index (χ0n) is 12.3. The lowest BCUT2D eigenvalue weighted by Gasteiger charge is -2.01. The number of hydrogen-bond acceptors (Lipinski definition) is 4. The number of hydrogen-bond donors (Lipinski definition) is 1. The summed E-state index contributed by atoms with van der Waals surface area (Å²) < 4.78 is 6.83. The fraction of sp³-hybridized carbons (Fsp3) is 0.294. The highest BCUT2D eigenvalue weighted by Crippen LogP contribution is 2.23. The van der Waals surface area contributed by atoms with Crippen LogP contribution in [-0.2, 0) is 0 Å². The first-order valence-electron chi connectivity index (χ1n) is 7.49. The Kier molecular flexibility index (Phi) is 5.06. The number of rotatable bonds is 3. The fourth-order valence-corrected chi connectivity index (χ4v) is 2.59. The van der Waals surface area contributed by atoms with E-state index < -0.39 is 0 Å². The third-order valence-corrected chi connectivity index (χ3v) is 4.04. The van der Waals surface area contributed by atoms with E-state index in [4.69, 9.17) is 4.42 Å². The maximum Gasteiger partial charge on any atom is 0.147 e. The molecule has 1 aromatic heterocycles. The molecule has 1 N–H and O–H groups in total. The molecule has 0 saturated carbocycles. The van der Waals surface area contributed by atoms with Gasteiger partial charge in [-0.15, -0.1) is 0 Å². The minimum Gasteiger partial charge on any atom is -0.455 e. The molecule has 5 heteroatoms. The monoisotopic (exact) mass is 359 g/mol. The number of nitrogens with zero attached hydrogens (tertiary/aromatic N) is 2. The summed E-state index contributed by atoms with van der Waals surface area (Å²) in [5, 5.41) is 4.22. The van der Waals surface area contributed by atoms with Crippen LogP contribution in [0.4, 0.5) is 0 Å². The summed E-state index contributed by atoms with van der Waals surface area (Å²) in [6.07, 6.45) is 6.25. The van der Waals surface area contributed by atoms with Gasteiger partial charge in [0.15, 0.2) is 0 Å². The van der Waals surface area contributed by atoms with E-state index in [-0.39, 0.29) is 0 Å². The number of halogens is 1. The average Bonchev–Trinajstić information content (AvgIpc) is 2.84. The number of benzene rings is 1. The molecular weight excluding hydrogens is 342 g/mol. The van der Waals surface area contributed by atoms with Crippen LogP contribution in [0.5, 0.6) is 0 Å². The second kappa shape index (κ2) is 7.40. The molecule has 3 rings (SSSR count). The maximum atomic E-state index is 5.78. The summed E-state index contributed by atoms with van der Waals surface area (Å²) in [6.45, 7) is 0.895. The van der Waals surface area contributed by atoms with Crippen molar-refractivity contribution in [2.24, 2.45) is 10.1 Å². The average molecular weight is 360 g/mol. The summed E-state index contributed by atoms with van der Waals surface area (Å²) in [7, 11) is 0. The summed E-state index contributed by atoms with van der Waals surface area (Å²) in [5.41, 5.74) is 4.07. The van der Waals surface area contributed by atoms with Gasteiger partial charge in [-0.1, -0.05) is 34.5 Å². The van der Waals surface area contributed by atoms with Crippen molar-refractivity contribution in [3.8, 4) is 11.3 Å². The smallest absolute Gasteiger partial charge is 0.147 e. The van der Waals surface area contributed by atoms with Crippen LogP contribution >= 0.6 is 15.9 Å². The van der Waals surface area contributed by atoms with Crippen molar-refractivity contribution >= 4 is 28.0 Å². The molecule has 0 saturated heterocycles. The second-order valence-corrected chi connectivity index (χ2v) is 6.13.